The van der Waals surface area contributed by atoms with Crippen LogP contribution >= 0.6 is 0 Å². The summed E-state index contributed by atoms with van der Waals surface area (Å²) < 4.78 is 0. The molecular weight excluding hydrogens is 298 g/mol. The van der Waals surface area contributed by atoms with E-state index < -0.39 is 11.5 Å². The summed E-state index contributed by atoms with van der Waals surface area (Å²) in [5.74, 6) is -0.399. The summed E-state index contributed by atoms with van der Waals surface area (Å²) in [6.45, 7) is 0.381. The van der Waals surface area contributed by atoms with Gasteiger partial charge in [0.15, 0.2) is 5.60 Å². The zero-order valence-electron chi connectivity index (χ0n) is 13.1. The summed E-state index contributed by atoms with van der Waals surface area (Å²) in [6, 6.07) is 24.7. The first-order valence-electron chi connectivity index (χ1n) is 7.95. The minimum Gasteiger partial charge on any atom is -0.372 e. The van der Waals surface area contributed by atoms with Gasteiger partial charge in [0.05, 0.1) is 0 Å². The lowest BCUT2D eigenvalue weighted by Gasteiger charge is -2.24. The van der Waals surface area contributed by atoms with Crippen molar-refractivity contribution in [2.24, 2.45) is 0 Å². The summed E-state index contributed by atoms with van der Waals surface area (Å²) in [4.78, 5) is 12.9. The Kier molecular flexibility index (Phi) is 3.44. The van der Waals surface area contributed by atoms with E-state index in [-0.39, 0.29) is 0 Å². The minimum absolute atomic E-state index is 0.381. The molecule has 1 aliphatic rings. The maximum absolute atomic E-state index is 12.9. The molecule has 0 unspecified atom stereocenters. The standard InChI is InChI=1S/C21H17NO2/c23-20(22-14-15-8-2-1-3-9-15)21(24)18-12-6-4-10-16(18)17-11-5-7-13-19(17)21/h1-13,24H,14H2,(H,22,23). The van der Waals surface area contributed by atoms with Crippen LogP contribution in [0.1, 0.15) is 16.7 Å². The van der Waals surface area contributed by atoms with Crippen LogP contribution in [0, 0.1) is 0 Å². The van der Waals surface area contributed by atoms with Crippen LogP contribution in [0.3, 0.4) is 0 Å². The first-order valence-corrected chi connectivity index (χ1v) is 7.95. The van der Waals surface area contributed by atoms with Gasteiger partial charge in [-0.3, -0.25) is 4.79 Å². The molecule has 0 bridgehead atoms. The molecule has 118 valence electrons. The van der Waals surface area contributed by atoms with Gasteiger partial charge >= 0.3 is 0 Å². The van der Waals surface area contributed by atoms with Crippen LogP contribution in [0.15, 0.2) is 78.9 Å². The third kappa shape index (κ3) is 2.14. The van der Waals surface area contributed by atoms with E-state index >= 15 is 0 Å². The highest BCUT2D eigenvalue weighted by Gasteiger charge is 2.47. The van der Waals surface area contributed by atoms with Gasteiger partial charge in [0.25, 0.3) is 5.91 Å². The summed E-state index contributed by atoms with van der Waals surface area (Å²) in [5.41, 5.74) is 2.43. The Balaban J connectivity index is 1.72. The second-order valence-electron chi connectivity index (χ2n) is 5.97. The summed E-state index contributed by atoms with van der Waals surface area (Å²) in [5, 5.41) is 14.2. The van der Waals surface area contributed by atoms with Crippen LogP contribution in [0.25, 0.3) is 11.1 Å². The molecule has 0 saturated carbocycles. The molecule has 2 N–H and O–H groups in total. The van der Waals surface area contributed by atoms with E-state index in [9.17, 15) is 9.90 Å². The lowest BCUT2D eigenvalue weighted by Crippen LogP contribution is -2.43. The molecule has 1 aliphatic carbocycles. The van der Waals surface area contributed by atoms with Crippen molar-refractivity contribution in [3.05, 3.63) is 95.6 Å². The van der Waals surface area contributed by atoms with E-state index in [2.05, 4.69) is 5.32 Å². The normalized spacial score (nSPS) is 13.9. The number of carbonyl (C=O) groups is 1. The molecule has 0 fully saturated rings. The van der Waals surface area contributed by atoms with Gasteiger partial charge in [0, 0.05) is 17.7 Å². The van der Waals surface area contributed by atoms with Crippen LogP contribution in [-0.2, 0) is 16.9 Å². The molecule has 0 atom stereocenters. The number of hydrogen-bond donors (Lipinski definition) is 2. The van der Waals surface area contributed by atoms with E-state index in [1.807, 2.05) is 78.9 Å². The fourth-order valence-electron chi connectivity index (χ4n) is 3.36. The third-order valence-electron chi connectivity index (χ3n) is 4.55. The molecular formula is C21H17NO2. The van der Waals surface area contributed by atoms with E-state index in [0.717, 1.165) is 16.7 Å². The maximum Gasteiger partial charge on any atom is 0.261 e. The Morgan fingerprint density at radius 3 is 1.88 bits per heavy atom. The molecule has 24 heavy (non-hydrogen) atoms. The second kappa shape index (κ2) is 5.62. The van der Waals surface area contributed by atoms with Gasteiger partial charge in [-0.15, -0.1) is 0 Å². The average Bonchev–Trinajstić information content (AvgIpc) is 2.92. The fraction of sp³-hybridized carbons (Fsp3) is 0.0952. The molecule has 0 spiro atoms. The zero-order valence-corrected chi connectivity index (χ0v) is 13.1. The van der Waals surface area contributed by atoms with E-state index in [4.69, 9.17) is 0 Å². The topological polar surface area (TPSA) is 49.3 Å². The van der Waals surface area contributed by atoms with Crippen LogP contribution in [0.5, 0.6) is 0 Å². The zero-order chi connectivity index (χ0) is 16.6. The Bertz CT molecular complexity index is 857. The molecule has 0 heterocycles. The Hall–Kier alpha value is -2.91. The van der Waals surface area contributed by atoms with E-state index in [0.29, 0.717) is 17.7 Å². The first-order chi connectivity index (χ1) is 11.7. The number of nitrogens with one attached hydrogen (secondary N) is 1. The molecule has 3 nitrogen and oxygen atoms in total. The minimum atomic E-state index is -1.65. The molecule has 3 aromatic rings. The van der Waals surface area contributed by atoms with Crippen molar-refractivity contribution < 1.29 is 9.90 Å². The molecule has 3 aromatic carbocycles. The number of benzene rings is 3. The molecule has 1 amide bonds. The Morgan fingerprint density at radius 2 is 1.29 bits per heavy atom. The summed E-state index contributed by atoms with van der Waals surface area (Å²) >= 11 is 0. The van der Waals surface area contributed by atoms with Crippen molar-refractivity contribution in [2.75, 3.05) is 0 Å². The monoisotopic (exact) mass is 315 g/mol. The smallest absolute Gasteiger partial charge is 0.261 e. The number of fused-ring (bicyclic) bond motifs is 3. The molecule has 0 saturated heterocycles. The van der Waals surface area contributed by atoms with Crippen molar-refractivity contribution in [1.29, 1.82) is 0 Å². The fourth-order valence-corrected chi connectivity index (χ4v) is 3.36. The number of rotatable bonds is 3. The quantitative estimate of drug-likeness (QED) is 0.779. The van der Waals surface area contributed by atoms with Gasteiger partial charge in [-0.05, 0) is 16.7 Å². The van der Waals surface area contributed by atoms with Gasteiger partial charge in [0.2, 0.25) is 0 Å². The second-order valence-corrected chi connectivity index (χ2v) is 5.97. The van der Waals surface area contributed by atoms with Crippen molar-refractivity contribution in [3.63, 3.8) is 0 Å². The highest BCUT2D eigenvalue weighted by atomic mass is 16.3. The predicted molar refractivity (Wildman–Crippen MR) is 93.2 cm³/mol. The van der Waals surface area contributed by atoms with Crippen molar-refractivity contribution in [3.8, 4) is 11.1 Å². The van der Waals surface area contributed by atoms with E-state index in [1.54, 1.807) is 0 Å². The largest absolute Gasteiger partial charge is 0.372 e. The highest BCUT2D eigenvalue weighted by molar-refractivity contribution is 5.98. The molecule has 0 radical (unpaired) electrons. The van der Waals surface area contributed by atoms with Crippen molar-refractivity contribution in [2.45, 2.75) is 12.1 Å². The van der Waals surface area contributed by atoms with Crippen LogP contribution in [0.4, 0.5) is 0 Å². The first kappa shape index (κ1) is 14.7. The van der Waals surface area contributed by atoms with Crippen molar-refractivity contribution in [1.82, 2.24) is 5.32 Å². The SMILES string of the molecule is O=C(NCc1ccccc1)C1(O)c2ccccc2-c2ccccc21. The number of aliphatic hydroxyl groups is 1. The molecule has 3 heteroatoms. The van der Waals surface area contributed by atoms with Gasteiger partial charge in [-0.1, -0.05) is 78.9 Å². The van der Waals surface area contributed by atoms with Gasteiger partial charge in [-0.25, -0.2) is 0 Å². The maximum atomic E-state index is 12.9. The Morgan fingerprint density at radius 1 is 0.792 bits per heavy atom. The summed E-state index contributed by atoms with van der Waals surface area (Å²) in [7, 11) is 0. The van der Waals surface area contributed by atoms with Crippen molar-refractivity contribution >= 4 is 5.91 Å². The van der Waals surface area contributed by atoms with Gasteiger partial charge < -0.3 is 10.4 Å². The number of amides is 1. The molecule has 0 aliphatic heterocycles. The lowest BCUT2D eigenvalue weighted by atomic mass is 9.90. The van der Waals surface area contributed by atoms with Crippen LogP contribution in [0.2, 0.25) is 0 Å². The number of carbonyl (C=O) groups excluding carboxylic acids is 1. The predicted octanol–water partition coefficient (Wildman–Crippen LogP) is 3.22. The Labute approximate surface area is 140 Å². The summed E-state index contributed by atoms with van der Waals surface area (Å²) in [6.07, 6.45) is 0. The van der Waals surface area contributed by atoms with Crippen LogP contribution in [-0.4, -0.2) is 11.0 Å². The third-order valence-corrected chi connectivity index (χ3v) is 4.55. The number of hydrogen-bond acceptors (Lipinski definition) is 2. The average molecular weight is 315 g/mol. The highest BCUT2D eigenvalue weighted by Crippen LogP contribution is 2.47. The lowest BCUT2D eigenvalue weighted by molar-refractivity contribution is -0.136. The van der Waals surface area contributed by atoms with Crippen LogP contribution < -0.4 is 5.32 Å². The van der Waals surface area contributed by atoms with E-state index in [1.165, 1.54) is 0 Å². The van der Waals surface area contributed by atoms with Gasteiger partial charge in [-0.2, -0.15) is 0 Å². The van der Waals surface area contributed by atoms with Gasteiger partial charge in [0.1, 0.15) is 0 Å². The molecule has 0 aromatic heterocycles. The molecule has 4 rings (SSSR count).